The van der Waals surface area contributed by atoms with E-state index in [9.17, 15) is 4.79 Å². The number of nitrogens with one attached hydrogen (secondary N) is 2. The Kier molecular flexibility index (Phi) is 6.90. The summed E-state index contributed by atoms with van der Waals surface area (Å²) >= 11 is 1.18. The first-order chi connectivity index (χ1) is 14.0. The summed E-state index contributed by atoms with van der Waals surface area (Å²) in [6.45, 7) is 3.96. The molecular formula is C21H27N5O2S. The zero-order valence-corrected chi connectivity index (χ0v) is 17.3. The predicted octanol–water partition coefficient (Wildman–Crippen LogP) is 3.28. The number of amides is 1. The fraction of sp³-hybridized carbons (Fsp3) is 0.333. The van der Waals surface area contributed by atoms with E-state index in [-0.39, 0.29) is 11.7 Å². The second-order valence-electron chi connectivity index (χ2n) is 6.99. The molecule has 0 spiro atoms. The molecule has 1 aromatic carbocycles. The highest BCUT2D eigenvalue weighted by Crippen LogP contribution is 2.26. The minimum Gasteiger partial charge on any atom is -0.497 e. The number of carbonyl (C=O) groups excluding carboxylic acids is 1. The topological polar surface area (TPSA) is 115 Å². The Bertz CT molecular complexity index is 898. The molecular weight excluding hydrogens is 386 g/mol. The van der Waals surface area contributed by atoms with Crippen LogP contribution in [0.15, 0.2) is 41.9 Å². The molecule has 154 valence electrons. The molecule has 2 aromatic rings. The lowest BCUT2D eigenvalue weighted by molar-refractivity contribution is 0.0924. The molecule has 0 atom stereocenters. The molecule has 0 bridgehead atoms. The number of benzene rings is 1. The Morgan fingerprint density at radius 3 is 2.59 bits per heavy atom. The number of thiophene rings is 1. The predicted molar refractivity (Wildman–Crippen MR) is 119 cm³/mol. The van der Waals surface area contributed by atoms with Gasteiger partial charge in [0.25, 0.3) is 5.91 Å². The van der Waals surface area contributed by atoms with Crippen molar-refractivity contribution >= 4 is 33.8 Å². The lowest BCUT2D eigenvalue weighted by Crippen LogP contribution is -2.44. The van der Waals surface area contributed by atoms with Gasteiger partial charge in [-0.2, -0.15) is 0 Å². The van der Waals surface area contributed by atoms with Crippen molar-refractivity contribution < 1.29 is 9.53 Å². The van der Waals surface area contributed by atoms with Crippen LogP contribution in [0.3, 0.4) is 0 Å². The Morgan fingerprint density at radius 2 is 1.93 bits per heavy atom. The van der Waals surface area contributed by atoms with Crippen LogP contribution < -0.4 is 27.1 Å². The van der Waals surface area contributed by atoms with Gasteiger partial charge in [0.05, 0.1) is 28.2 Å². The maximum atomic E-state index is 12.5. The van der Waals surface area contributed by atoms with Crippen molar-refractivity contribution in [1.29, 1.82) is 0 Å². The van der Waals surface area contributed by atoms with E-state index in [4.69, 9.17) is 16.2 Å². The molecule has 1 heterocycles. The quantitative estimate of drug-likeness (QED) is 0.316. The van der Waals surface area contributed by atoms with Gasteiger partial charge in [-0.25, -0.2) is 10.4 Å². The molecule has 1 aromatic heterocycles. The van der Waals surface area contributed by atoms with Crippen LogP contribution in [-0.4, -0.2) is 24.9 Å². The maximum absolute atomic E-state index is 12.5. The SMILES string of the molecule is C=C(N=C(N)c1cc(C(=O)NNC2CCCCC2)sc1N)c1ccc(OC)cc1. The highest BCUT2D eigenvalue weighted by Gasteiger charge is 2.18. The maximum Gasteiger partial charge on any atom is 0.275 e. The van der Waals surface area contributed by atoms with Gasteiger partial charge in [0.1, 0.15) is 11.6 Å². The summed E-state index contributed by atoms with van der Waals surface area (Å²) in [5, 5.41) is 0.441. The summed E-state index contributed by atoms with van der Waals surface area (Å²) in [5.74, 6) is 0.747. The average Bonchev–Trinajstić information content (AvgIpc) is 3.14. The van der Waals surface area contributed by atoms with E-state index in [0.29, 0.717) is 27.2 Å². The van der Waals surface area contributed by atoms with Crippen LogP contribution in [0.4, 0.5) is 5.00 Å². The number of anilines is 1. The second kappa shape index (κ2) is 9.58. The van der Waals surface area contributed by atoms with E-state index in [0.717, 1.165) is 24.2 Å². The highest BCUT2D eigenvalue weighted by molar-refractivity contribution is 7.18. The Hall–Kier alpha value is -2.84. The third-order valence-electron chi connectivity index (χ3n) is 4.93. The number of nitrogens with two attached hydrogens (primary N) is 2. The van der Waals surface area contributed by atoms with Crippen LogP contribution in [-0.2, 0) is 0 Å². The van der Waals surface area contributed by atoms with Gasteiger partial charge in [-0.3, -0.25) is 10.2 Å². The monoisotopic (exact) mass is 413 g/mol. The van der Waals surface area contributed by atoms with Crippen LogP contribution >= 0.6 is 11.3 Å². The largest absolute Gasteiger partial charge is 0.497 e. The van der Waals surface area contributed by atoms with Crippen molar-refractivity contribution in [3.05, 3.63) is 52.9 Å². The number of nitrogens with zero attached hydrogens (tertiary/aromatic N) is 1. The van der Waals surface area contributed by atoms with Crippen LogP contribution in [0.25, 0.3) is 5.70 Å². The average molecular weight is 414 g/mol. The molecule has 7 nitrogen and oxygen atoms in total. The number of nitrogen functional groups attached to an aromatic ring is 1. The van der Waals surface area contributed by atoms with Crippen LogP contribution in [0.5, 0.6) is 5.75 Å². The van der Waals surface area contributed by atoms with E-state index < -0.39 is 0 Å². The molecule has 8 heteroatoms. The van der Waals surface area contributed by atoms with Gasteiger partial charge in [0.15, 0.2) is 0 Å². The number of amidine groups is 1. The third kappa shape index (κ3) is 5.36. The lowest BCUT2D eigenvalue weighted by Gasteiger charge is -2.22. The van der Waals surface area contributed by atoms with E-state index >= 15 is 0 Å². The minimum atomic E-state index is -0.222. The highest BCUT2D eigenvalue weighted by atomic mass is 32.1. The number of ether oxygens (including phenoxy) is 1. The Labute approximate surface area is 174 Å². The van der Waals surface area contributed by atoms with E-state index in [1.807, 2.05) is 24.3 Å². The molecule has 1 aliphatic rings. The molecule has 0 aliphatic heterocycles. The number of methoxy groups -OCH3 is 1. The van der Waals surface area contributed by atoms with Crippen molar-refractivity contribution in [2.24, 2.45) is 10.7 Å². The van der Waals surface area contributed by atoms with Crippen molar-refractivity contribution in [3.8, 4) is 5.75 Å². The molecule has 3 rings (SSSR count). The van der Waals surface area contributed by atoms with Crippen LogP contribution in [0, 0.1) is 0 Å². The first kappa shape index (κ1) is 20.9. The van der Waals surface area contributed by atoms with Gasteiger partial charge in [0, 0.05) is 6.04 Å². The first-order valence-electron chi connectivity index (χ1n) is 9.61. The standard InChI is InChI=1S/C21H27N5O2S/c1-13(14-8-10-16(28-2)11-9-14)24-19(22)17-12-18(29-20(17)23)21(27)26-25-15-6-4-3-5-7-15/h8-12,15,25H,1,3-7,23H2,2H3,(H2,22,24)(H,26,27). The third-order valence-corrected chi connectivity index (χ3v) is 5.90. The number of rotatable bonds is 7. The van der Waals surface area contributed by atoms with Gasteiger partial charge < -0.3 is 16.2 Å². The molecule has 1 amide bonds. The minimum absolute atomic E-state index is 0.221. The summed E-state index contributed by atoms with van der Waals surface area (Å²) in [5.41, 5.74) is 20.0. The zero-order chi connectivity index (χ0) is 20.8. The van der Waals surface area contributed by atoms with Crippen molar-refractivity contribution in [3.63, 3.8) is 0 Å². The van der Waals surface area contributed by atoms with Gasteiger partial charge in [-0.15, -0.1) is 11.3 Å². The number of hydrazine groups is 1. The molecule has 29 heavy (non-hydrogen) atoms. The lowest BCUT2D eigenvalue weighted by atomic mass is 9.96. The number of carbonyl (C=O) groups is 1. The molecule has 1 fully saturated rings. The summed E-state index contributed by atoms with van der Waals surface area (Å²) in [4.78, 5) is 17.3. The molecule has 1 saturated carbocycles. The molecule has 0 unspecified atom stereocenters. The summed E-state index contributed by atoms with van der Waals surface area (Å²) in [6.07, 6.45) is 5.79. The van der Waals surface area contributed by atoms with Gasteiger partial charge in [0.2, 0.25) is 0 Å². The summed E-state index contributed by atoms with van der Waals surface area (Å²) < 4.78 is 5.15. The van der Waals surface area contributed by atoms with Crippen LogP contribution in [0.2, 0.25) is 0 Å². The fourth-order valence-electron chi connectivity index (χ4n) is 3.25. The first-order valence-corrected chi connectivity index (χ1v) is 10.4. The number of aliphatic imine (C=N–C) groups is 1. The van der Waals surface area contributed by atoms with E-state index in [2.05, 4.69) is 22.4 Å². The van der Waals surface area contributed by atoms with Gasteiger partial charge in [-0.1, -0.05) is 25.8 Å². The van der Waals surface area contributed by atoms with Crippen molar-refractivity contribution in [2.75, 3.05) is 12.8 Å². The zero-order valence-electron chi connectivity index (χ0n) is 16.5. The normalized spacial score (nSPS) is 15.1. The second-order valence-corrected chi connectivity index (χ2v) is 8.08. The van der Waals surface area contributed by atoms with Gasteiger partial charge in [-0.05, 0) is 48.7 Å². The van der Waals surface area contributed by atoms with Crippen molar-refractivity contribution in [1.82, 2.24) is 10.9 Å². The van der Waals surface area contributed by atoms with E-state index in [1.165, 1.54) is 30.6 Å². The fourth-order valence-corrected chi connectivity index (χ4v) is 4.08. The number of hydrogen-bond donors (Lipinski definition) is 4. The molecule has 0 saturated heterocycles. The Balaban J connectivity index is 1.66. The molecule has 1 aliphatic carbocycles. The summed E-state index contributed by atoms with van der Waals surface area (Å²) in [6, 6.07) is 9.34. The molecule has 0 radical (unpaired) electrons. The van der Waals surface area contributed by atoms with Gasteiger partial charge >= 0.3 is 0 Å². The Morgan fingerprint density at radius 1 is 1.24 bits per heavy atom. The van der Waals surface area contributed by atoms with Crippen LogP contribution in [0.1, 0.15) is 52.9 Å². The summed E-state index contributed by atoms with van der Waals surface area (Å²) in [7, 11) is 1.61. The van der Waals surface area contributed by atoms with Crippen molar-refractivity contribution in [2.45, 2.75) is 38.1 Å². The molecule has 6 N–H and O–H groups in total. The smallest absolute Gasteiger partial charge is 0.275 e. The van der Waals surface area contributed by atoms with E-state index in [1.54, 1.807) is 13.2 Å². The number of hydrogen-bond acceptors (Lipinski definition) is 6.